The average Bonchev–Trinajstić information content (AvgIpc) is 3.37. The van der Waals surface area contributed by atoms with Gasteiger partial charge in [-0.25, -0.2) is 13.1 Å². The number of amides is 1. The first-order chi connectivity index (χ1) is 11.8. The van der Waals surface area contributed by atoms with Crippen LogP contribution in [-0.2, 0) is 27.8 Å². The molecule has 1 amide bonds. The first-order valence-electron chi connectivity index (χ1n) is 8.92. The van der Waals surface area contributed by atoms with Crippen molar-refractivity contribution in [2.75, 3.05) is 13.1 Å². The van der Waals surface area contributed by atoms with Gasteiger partial charge >= 0.3 is 0 Å². The summed E-state index contributed by atoms with van der Waals surface area (Å²) < 4.78 is 27.3. The van der Waals surface area contributed by atoms with Gasteiger partial charge in [-0.15, -0.1) is 0 Å². The van der Waals surface area contributed by atoms with E-state index in [9.17, 15) is 18.3 Å². The predicted molar refractivity (Wildman–Crippen MR) is 94.4 cm³/mol. The van der Waals surface area contributed by atoms with Crippen molar-refractivity contribution in [1.29, 1.82) is 0 Å². The lowest BCUT2D eigenvalue weighted by molar-refractivity contribution is -0.132. The molecule has 2 N–H and O–H groups in total. The van der Waals surface area contributed by atoms with Crippen molar-refractivity contribution in [1.82, 2.24) is 9.62 Å². The van der Waals surface area contributed by atoms with Crippen molar-refractivity contribution < 1.29 is 18.3 Å². The highest BCUT2D eigenvalue weighted by atomic mass is 32.2. The highest BCUT2D eigenvalue weighted by Gasteiger charge is 2.29. The second kappa shape index (κ2) is 7.43. The summed E-state index contributed by atoms with van der Waals surface area (Å²) >= 11 is 0. The lowest BCUT2D eigenvalue weighted by atomic mass is 9.99. The molecular weight excluding hydrogens is 340 g/mol. The second-order valence-corrected chi connectivity index (χ2v) is 8.95. The van der Waals surface area contributed by atoms with Crippen molar-refractivity contribution >= 4 is 15.9 Å². The number of aliphatic hydroxyl groups is 1. The van der Waals surface area contributed by atoms with E-state index in [1.54, 1.807) is 19.1 Å². The van der Waals surface area contributed by atoms with Crippen LogP contribution in [0.3, 0.4) is 0 Å². The third-order valence-electron chi connectivity index (χ3n) is 4.87. The first kappa shape index (κ1) is 18.4. The molecule has 1 aliphatic carbocycles. The molecule has 6 nitrogen and oxygen atoms in total. The summed E-state index contributed by atoms with van der Waals surface area (Å²) in [6, 6.07) is 5.14. The van der Waals surface area contributed by atoms with Gasteiger partial charge in [-0.3, -0.25) is 4.79 Å². The molecule has 1 saturated carbocycles. The molecule has 0 unspecified atom stereocenters. The van der Waals surface area contributed by atoms with Gasteiger partial charge < -0.3 is 10.0 Å². The number of nitrogens with one attached hydrogen (secondary N) is 1. The van der Waals surface area contributed by atoms with Crippen molar-refractivity contribution in [2.24, 2.45) is 5.92 Å². The quantitative estimate of drug-likeness (QED) is 0.764. The van der Waals surface area contributed by atoms with Gasteiger partial charge in [-0.1, -0.05) is 6.07 Å². The Morgan fingerprint density at radius 2 is 2.12 bits per heavy atom. The van der Waals surface area contributed by atoms with Crippen LogP contribution in [0.2, 0.25) is 0 Å². The predicted octanol–water partition coefficient (Wildman–Crippen LogP) is 1.42. The SMILES string of the molecule is C[C@H](O)CCNS(=O)(=O)c1ccc2c(c1)CN(C(=O)CC1CC1)CC2. The molecule has 0 saturated heterocycles. The lowest BCUT2D eigenvalue weighted by Gasteiger charge is -2.29. The minimum absolute atomic E-state index is 0.177. The fourth-order valence-corrected chi connectivity index (χ4v) is 4.19. The molecule has 1 heterocycles. The molecule has 7 heteroatoms. The van der Waals surface area contributed by atoms with Crippen LogP contribution in [0.1, 0.15) is 43.7 Å². The minimum atomic E-state index is -3.60. The van der Waals surface area contributed by atoms with E-state index in [1.165, 1.54) is 0 Å². The third kappa shape index (κ3) is 4.80. The Bertz CT molecular complexity index is 741. The van der Waals surface area contributed by atoms with E-state index < -0.39 is 16.1 Å². The Balaban J connectivity index is 1.69. The van der Waals surface area contributed by atoms with E-state index in [4.69, 9.17) is 0 Å². The number of benzene rings is 1. The van der Waals surface area contributed by atoms with Gasteiger partial charge in [0.25, 0.3) is 0 Å². The number of hydrogen-bond acceptors (Lipinski definition) is 4. The van der Waals surface area contributed by atoms with Crippen LogP contribution in [0.5, 0.6) is 0 Å². The fourth-order valence-electron chi connectivity index (χ4n) is 3.10. The van der Waals surface area contributed by atoms with Gasteiger partial charge in [0.1, 0.15) is 0 Å². The van der Waals surface area contributed by atoms with Crippen molar-refractivity contribution in [3.63, 3.8) is 0 Å². The number of rotatable bonds is 7. The number of aliphatic hydroxyl groups excluding tert-OH is 1. The molecule has 1 aliphatic heterocycles. The molecular formula is C18H26N2O4S. The van der Waals surface area contributed by atoms with E-state index in [-0.39, 0.29) is 17.3 Å². The highest BCUT2D eigenvalue weighted by Crippen LogP contribution is 2.33. The number of nitrogens with zero attached hydrogens (tertiary/aromatic N) is 1. The van der Waals surface area contributed by atoms with E-state index in [0.717, 1.165) is 30.4 Å². The van der Waals surface area contributed by atoms with Crippen LogP contribution < -0.4 is 4.72 Å². The number of carbonyl (C=O) groups excluding carboxylic acids is 1. The maximum absolute atomic E-state index is 12.4. The Morgan fingerprint density at radius 1 is 1.36 bits per heavy atom. The summed E-state index contributed by atoms with van der Waals surface area (Å²) in [5.41, 5.74) is 2.02. The monoisotopic (exact) mass is 366 g/mol. The molecule has 0 radical (unpaired) electrons. The number of sulfonamides is 1. The lowest BCUT2D eigenvalue weighted by Crippen LogP contribution is -2.36. The topological polar surface area (TPSA) is 86.7 Å². The van der Waals surface area contributed by atoms with Crippen LogP contribution in [-0.4, -0.2) is 43.5 Å². The van der Waals surface area contributed by atoms with Crippen molar-refractivity contribution in [2.45, 2.75) is 56.6 Å². The fraction of sp³-hybridized carbons (Fsp3) is 0.611. The molecule has 0 aromatic heterocycles. The zero-order chi connectivity index (χ0) is 18.0. The normalized spacial score (nSPS) is 18.7. The summed E-state index contributed by atoms with van der Waals surface area (Å²) in [5.74, 6) is 0.732. The maximum Gasteiger partial charge on any atom is 0.240 e. The van der Waals surface area contributed by atoms with E-state index in [0.29, 0.717) is 31.8 Å². The summed E-state index contributed by atoms with van der Waals surface area (Å²) in [6.07, 6.45) is 3.51. The molecule has 138 valence electrons. The van der Waals surface area contributed by atoms with Gasteiger partial charge in [0.2, 0.25) is 15.9 Å². The number of carbonyl (C=O) groups is 1. The highest BCUT2D eigenvalue weighted by molar-refractivity contribution is 7.89. The van der Waals surface area contributed by atoms with Gasteiger partial charge in [0.05, 0.1) is 11.0 Å². The largest absolute Gasteiger partial charge is 0.393 e. The van der Waals surface area contributed by atoms with Gasteiger partial charge in [-0.05, 0) is 61.8 Å². The first-order valence-corrected chi connectivity index (χ1v) is 10.4. The minimum Gasteiger partial charge on any atom is -0.393 e. The van der Waals surface area contributed by atoms with Gasteiger partial charge in [-0.2, -0.15) is 0 Å². The van der Waals surface area contributed by atoms with Crippen LogP contribution in [0.25, 0.3) is 0 Å². The summed E-state index contributed by atoms with van der Waals surface area (Å²) in [7, 11) is -3.60. The summed E-state index contributed by atoms with van der Waals surface area (Å²) in [5, 5.41) is 9.25. The maximum atomic E-state index is 12.4. The van der Waals surface area contributed by atoms with Crippen LogP contribution in [0, 0.1) is 5.92 Å². The Kier molecular flexibility index (Phi) is 5.46. The van der Waals surface area contributed by atoms with Crippen LogP contribution in [0.15, 0.2) is 23.1 Å². The number of hydrogen-bond donors (Lipinski definition) is 2. The molecule has 0 bridgehead atoms. The molecule has 1 atom stereocenters. The Morgan fingerprint density at radius 3 is 2.80 bits per heavy atom. The van der Waals surface area contributed by atoms with E-state index in [1.807, 2.05) is 11.0 Å². The third-order valence-corrected chi connectivity index (χ3v) is 6.33. The van der Waals surface area contributed by atoms with E-state index in [2.05, 4.69) is 4.72 Å². The van der Waals surface area contributed by atoms with Crippen LogP contribution >= 0.6 is 0 Å². The average molecular weight is 366 g/mol. The zero-order valence-corrected chi connectivity index (χ0v) is 15.4. The number of fused-ring (bicyclic) bond motifs is 1. The smallest absolute Gasteiger partial charge is 0.240 e. The zero-order valence-electron chi connectivity index (χ0n) is 14.6. The second-order valence-electron chi connectivity index (χ2n) is 7.18. The molecule has 0 spiro atoms. The molecule has 1 aromatic rings. The molecule has 1 aromatic carbocycles. The molecule has 25 heavy (non-hydrogen) atoms. The molecule has 1 fully saturated rings. The van der Waals surface area contributed by atoms with Crippen molar-refractivity contribution in [3.8, 4) is 0 Å². The summed E-state index contributed by atoms with van der Waals surface area (Å²) in [6.45, 7) is 3.01. The van der Waals surface area contributed by atoms with Gasteiger partial charge in [0.15, 0.2) is 0 Å². The van der Waals surface area contributed by atoms with Crippen LogP contribution in [0.4, 0.5) is 0 Å². The van der Waals surface area contributed by atoms with Gasteiger partial charge in [0, 0.05) is 26.1 Å². The summed E-state index contributed by atoms with van der Waals surface area (Å²) in [4.78, 5) is 14.4. The van der Waals surface area contributed by atoms with E-state index >= 15 is 0 Å². The molecule has 3 rings (SSSR count). The van der Waals surface area contributed by atoms with Crippen molar-refractivity contribution in [3.05, 3.63) is 29.3 Å². The molecule has 2 aliphatic rings. The Labute approximate surface area is 149 Å². The Hall–Kier alpha value is -1.44. The standard InChI is InChI=1S/C18H26N2O4S/c1-13(21)6-8-19-25(23,24)17-5-4-15-7-9-20(12-16(15)11-17)18(22)10-14-2-3-14/h4-5,11,13-14,19,21H,2-3,6-10,12H2,1H3/t13-/m0/s1.